The minimum atomic E-state index is -0.322. The number of piperidine rings is 1. The number of para-hydroxylation sites is 1. The summed E-state index contributed by atoms with van der Waals surface area (Å²) in [5.74, 6) is 1.16. The van der Waals surface area contributed by atoms with Crippen molar-refractivity contribution in [3.8, 4) is 5.69 Å². The average Bonchev–Trinajstić information content (AvgIpc) is 3.46. The highest BCUT2D eigenvalue weighted by molar-refractivity contribution is 7.99. The Hall–Kier alpha value is -2.35. The molecule has 4 rings (SSSR count). The first-order chi connectivity index (χ1) is 13.1. The molecule has 2 amide bonds. The molecule has 1 saturated carbocycles. The first kappa shape index (κ1) is 18.0. The molecule has 1 aromatic heterocycles. The molecular formula is C19H23N5O2S. The molecule has 8 heteroatoms. The third-order valence-electron chi connectivity index (χ3n) is 5.06. The predicted molar refractivity (Wildman–Crippen MR) is 103 cm³/mol. The smallest absolute Gasteiger partial charge is 0.233 e. The van der Waals surface area contributed by atoms with Crippen molar-refractivity contribution in [1.29, 1.82) is 0 Å². The van der Waals surface area contributed by atoms with Gasteiger partial charge in [0.2, 0.25) is 17.0 Å². The lowest BCUT2D eigenvalue weighted by Gasteiger charge is -2.31. The fourth-order valence-corrected chi connectivity index (χ4v) is 4.12. The Balaban J connectivity index is 1.43. The van der Waals surface area contributed by atoms with Gasteiger partial charge >= 0.3 is 0 Å². The average molecular weight is 385 g/mol. The zero-order valence-corrected chi connectivity index (χ0v) is 15.9. The van der Waals surface area contributed by atoms with Crippen molar-refractivity contribution in [2.45, 2.75) is 36.8 Å². The molecule has 1 aliphatic heterocycles. The van der Waals surface area contributed by atoms with Gasteiger partial charge in [-0.25, -0.2) is 9.67 Å². The maximum absolute atomic E-state index is 12.5. The Morgan fingerprint density at radius 2 is 1.96 bits per heavy atom. The van der Waals surface area contributed by atoms with E-state index in [0.717, 1.165) is 37.2 Å². The van der Waals surface area contributed by atoms with Crippen LogP contribution in [0.3, 0.4) is 0 Å². The van der Waals surface area contributed by atoms with E-state index in [2.05, 4.69) is 10.1 Å². The second-order valence-electron chi connectivity index (χ2n) is 7.14. The van der Waals surface area contributed by atoms with E-state index in [9.17, 15) is 9.59 Å². The fourth-order valence-electron chi connectivity index (χ4n) is 3.38. The minimum absolute atomic E-state index is 0.00924. The van der Waals surface area contributed by atoms with E-state index in [-0.39, 0.29) is 23.5 Å². The SMILES string of the molecule is NC(=O)[C@H]1CCCN(C(=O)CSc2nc(C3CC3)n(-c3ccccc3)n2)C1. The van der Waals surface area contributed by atoms with E-state index in [1.54, 1.807) is 4.90 Å². The summed E-state index contributed by atoms with van der Waals surface area (Å²) in [6.07, 6.45) is 3.85. The Morgan fingerprint density at radius 1 is 1.19 bits per heavy atom. The number of carbonyl (C=O) groups is 2. The van der Waals surface area contributed by atoms with Crippen LogP contribution in [-0.4, -0.2) is 50.3 Å². The number of rotatable bonds is 6. The highest BCUT2D eigenvalue weighted by Crippen LogP contribution is 2.40. The summed E-state index contributed by atoms with van der Waals surface area (Å²) in [5, 5.41) is 5.25. The van der Waals surface area contributed by atoms with Crippen molar-refractivity contribution in [2.75, 3.05) is 18.8 Å². The molecule has 1 aliphatic carbocycles. The normalized spacial score (nSPS) is 19.9. The Labute approximate surface area is 162 Å². The van der Waals surface area contributed by atoms with Crippen molar-refractivity contribution in [3.63, 3.8) is 0 Å². The molecule has 2 fully saturated rings. The van der Waals surface area contributed by atoms with Gasteiger partial charge in [-0.3, -0.25) is 9.59 Å². The molecule has 0 unspecified atom stereocenters. The number of hydrogen-bond donors (Lipinski definition) is 1. The summed E-state index contributed by atoms with van der Waals surface area (Å²) in [4.78, 5) is 30.4. The van der Waals surface area contributed by atoms with Crippen molar-refractivity contribution < 1.29 is 9.59 Å². The van der Waals surface area contributed by atoms with Gasteiger partial charge in [0.15, 0.2) is 0 Å². The monoisotopic (exact) mass is 385 g/mol. The van der Waals surface area contributed by atoms with Gasteiger partial charge < -0.3 is 10.6 Å². The van der Waals surface area contributed by atoms with E-state index in [1.807, 2.05) is 35.0 Å². The third-order valence-corrected chi connectivity index (χ3v) is 5.88. The number of nitrogens with zero attached hydrogens (tertiary/aromatic N) is 4. The second kappa shape index (κ2) is 7.72. The van der Waals surface area contributed by atoms with Crippen molar-refractivity contribution >= 4 is 23.6 Å². The van der Waals surface area contributed by atoms with Crippen molar-refractivity contribution in [2.24, 2.45) is 11.7 Å². The van der Waals surface area contributed by atoms with Crippen molar-refractivity contribution in [1.82, 2.24) is 19.7 Å². The number of benzene rings is 1. The van der Waals surface area contributed by atoms with Gasteiger partial charge in [0.25, 0.3) is 0 Å². The number of primary amides is 1. The molecule has 1 saturated heterocycles. The lowest BCUT2D eigenvalue weighted by Crippen LogP contribution is -2.44. The van der Waals surface area contributed by atoms with E-state index in [0.29, 0.717) is 24.2 Å². The van der Waals surface area contributed by atoms with Crippen LogP contribution in [0.15, 0.2) is 35.5 Å². The number of aromatic nitrogens is 3. The molecule has 27 heavy (non-hydrogen) atoms. The van der Waals surface area contributed by atoms with Gasteiger partial charge in [-0.2, -0.15) is 0 Å². The number of carbonyl (C=O) groups excluding carboxylic acids is 2. The maximum Gasteiger partial charge on any atom is 0.233 e. The lowest BCUT2D eigenvalue weighted by atomic mass is 9.97. The Morgan fingerprint density at radius 3 is 2.67 bits per heavy atom. The summed E-state index contributed by atoms with van der Waals surface area (Å²) in [7, 11) is 0. The van der Waals surface area contributed by atoms with Crippen LogP contribution < -0.4 is 5.73 Å². The van der Waals surface area contributed by atoms with Crippen LogP contribution in [0.5, 0.6) is 0 Å². The number of amides is 2. The zero-order chi connectivity index (χ0) is 18.8. The van der Waals surface area contributed by atoms with Gasteiger partial charge in [0, 0.05) is 19.0 Å². The van der Waals surface area contributed by atoms with E-state index in [4.69, 9.17) is 5.73 Å². The highest BCUT2D eigenvalue weighted by atomic mass is 32.2. The molecule has 2 aromatic rings. The lowest BCUT2D eigenvalue weighted by molar-refractivity contribution is -0.132. The van der Waals surface area contributed by atoms with E-state index < -0.39 is 0 Å². The molecule has 0 spiro atoms. The first-order valence-electron chi connectivity index (χ1n) is 9.34. The summed E-state index contributed by atoms with van der Waals surface area (Å²) in [6, 6.07) is 9.96. The molecule has 1 atom stereocenters. The number of nitrogens with two attached hydrogens (primary N) is 1. The van der Waals surface area contributed by atoms with Gasteiger partial charge in [-0.05, 0) is 37.8 Å². The minimum Gasteiger partial charge on any atom is -0.369 e. The van der Waals surface area contributed by atoms with Crippen LogP contribution >= 0.6 is 11.8 Å². The van der Waals surface area contributed by atoms with E-state index in [1.165, 1.54) is 11.8 Å². The maximum atomic E-state index is 12.5. The highest BCUT2D eigenvalue weighted by Gasteiger charge is 2.31. The topological polar surface area (TPSA) is 94.1 Å². The summed E-state index contributed by atoms with van der Waals surface area (Å²) < 4.78 is 1.90. The van der Waals surface area contributed by atoms with Gasteiger partial charge in [-0.1, -0.05) is 30.0 Å². The van der Waals surface area contributed by atoms with Crippen LogP contribution in [0.25, 0.3) is 5.69 Å². The molecule has 0 bridgehead atoms. The first-order valence-corrected chi connectivity index (χ1v) is 10.3. The molecule has 7 nitrogen and oxygen atoms in total. The zero-order valence-electron chi connectivity index (χ0n) is 15.1. The molecule has 1 aromatic carbocycles. The number of likely N-dealkylation sites (tertiary alicyclic amines) is 1. The van der Waals surface area contributed by atoms with E-state index >= 15 is 0 Å². The molecule has 2 aliphatic rings. The van der Waals surface area contributed by atoms with Crippen LogP contribution in [-0.2, 0) is 9.59 Å². The van der Waals surface area contributed by atoms with Crippen LogP contribution in [0.4, 0.5) is 0 Å². The summed E-state index contributed by atoms with van der Waals surface area (Å²) in [6.45, 7) is 1.11. The van der Waals surface area contributed by atoms with Crippen LogP contribution in [0.2, 0.25) is 0 Å². The van der Waals surface area contributed by atoms with Gasteiger partial charge in [0.1, 0.15) is 5.82 Å². The third kappa shape index (κ3) is 4.16. The largest absolute Gasteiger partial charge is 0.369 e. The summed E-state index contributed by atoms with van der Waals surface area (Å²) >= 11 is 1.36. The standard InChI is InChI=1S/C19H23N5O2S/c20-17(26)14-5-4-10-23(11-14)16(25)12-27-19-21-18(13-8-9-13)24(22-19)15-6-2-1-3-7-15/h1-3,6-7,13-14H,4-5,8-12H2,(H2,20,26)/t14-/m0/s1. The number of thioether (sulfide) groups is 1. The second-order valence-corrected chi connectivity index (χ2v) is 8.09. The van der Waals surface area contributed by atoms with Crippen LogP contribution in [0, 0.1) is 5.92 Å². The molecular weight excluding hydrogens is 362 g/mol. The van der Waals surface area contributed by atoms with Gasteiger partial charge in [0.05, 0.1) is 17.4 Å². The van der Waals surface area contributed by atoms with Crippen LogP contribution in [0.1, 0.15) is 37.4 Å². The quantitative estimate of drug-likeness (QED) is 0.767. The fraction of sp³-hybridized carbons (Fsp3) is 0.474. The van der Waals surface area contributed by atoms with Gasteiger partial charge in [-0.15, -0.1) is 5.10 Å². The Bertz CT molecular complexity index is 834. The van der Waals surface area contributed by atoms with Crippen molar-refractivity contribution in [3.05, 3.63) is 36.2 Å². The molecule has 0 radical (unpaired) electrons. The molecule has 142 valence electrons. The molecule has 2 N–H and O–H groups in total. The molecule has 2 heterocycles. The predicted octanol–water partition coefficient (Wildman–Crippen LogP) is 1.96. The summed E-state index contributed by atoms with van der Waals surface area (Å²) in [5.41, 5.74) is 6.39. The Kier molecular flexibility index (Phi) is 5.15. The number of hydrogen-bond acceptors (Lipinski definition) is 5.